The van der Waals surface area contributed by atoms with E-state index in [4.69, 9.17) is 9.47 Å². The minimum Gasteiger partial charge on any atom is -0.460 e. The molecule has 0 fully saturated rings. The van der Waals surface area contributed by atoms with Crippen LogP contribution in [0, 0.1) is 12.7 Å². The molecule has 0 aliphatic rings. The van der Waals surface area contributed by atoms with Crippen molar-refractivity contribution in [3.63, 3.8) is 0 Å². The molecule has 1 aromatic rings. The average molecular weight is 240 g/mol. The summed E-state index contributed by atoms with van der Waals surface area (Å²) in [7, 11) is 0. The van der Waals surface area contributed by atoms with Crippen molar-refractivity contribution < 1.29 is 18.7 Å². The van der Waals surface area contributed by atoms with Gasteiger partial charge in [-0.05, 0) is 38.5 Å². The van der Waals surface area contributed by atoms with E-state index in [-0.39, 0.29) is 18.3 Å². The van der Waals surface area contributed by atoms with Gasteiger partial charge in [-0.25, -0.2) is 9.18 Å². The molecule has 1 rings (SSSR count). The van der Waals surface area contributed by atoms with Gasteiger partial charge in [0.2, 0.25) is 0 Å². The Morgan fingerprint density at radius 3 is 2.65 bits per heavy atom. The molecule has 0 aliphatic heterocycles. The van der Waals surface area contributed by atoms with Crippen LogP contribution >= 0.6 is 0 Å². The van der Waals surface area contributed by atoms with Crippen LogP contribution in [0.2, 0.25) is 0 Å². The minimum atomic E-state index is -0.658. The number of carbonyl (C=O) groups is 1. The molecule has 0 heterocycles. The summed E-state index contributed by atoms with van der Waals surface area (Å²) in [6.45, 7) is 5.98. The van der Waals surface area contributed by atoms with Gasteiger partial charge in [0.05, 0.1) is 18.3 Å². The van der Waals surface area contributed by atoms with Gasteiger partial charge in [0, 0.05) is 0 Å². The quantitative estimate of drug-likeness (QED) is 0.586. The number of hydrogen-bond acceptors (Lipinski definition) is 3. The van der Waals surface area contributed by atoms with E-state index in [9.17, 15) is 9.18 Å². The van der Waals surface area contributed by atoms with Crippen LogP contribution in [0.15, 0.2) is 18.2 Å². The highest BCUT2D eigenvalue weighted by molar-refractivity contribution is 5.89. The maximum absolute atomic E-state index is 13.4. The Hall–Kier alpha value is -1.42. The van der Waals surface area contributed by atoms with Gasteiger partial charge in [0.15, 0.2) is 0 Å². The predicted molar refractivity (Wildman–Crippen MR) is 62.5 cm³/mol. The van der Waals surface area contributed by atoms with Gasteiger partial charge in [0.1, 0.15) is 12.4 Å². The van der Waals surface area contributed by atoms with Crippen molar-refractivity contribution in [2.45, 2.75) is 26.9 Å². The molecule has 0 amide bonds. The molecule has 0 spiro atoms. The van der Waals surface area contributed by atoms with Crippen molar-refractivity contribution in [3.8, 4) is 0 Å². The van der Waals surface area contributed by atoms with Crippen molar-refractivity contribution in [2.75, 3.05) is 13.2 Å². The molecule has 0 saturated carbocycles. The molecule has 0 aliphatic carbocycles. The van der Waals surface area contributed by atoms with E-state index < -0.39 is 11.8 Å². The number of halogens is 1. The summed E-state index contributed by atoms with van der Waals surface area (Å²) >= 11 is 0. The number of aryl methyl sites for hydroxylation is 1. The molecule has 94 valence electrons. The lowest BCUT2D eigenvalue weighted by atomic mass is 10.1. The van der Waals surface area contributed by atoms with Gasteiger partial charge in [-0.2, -0.15) is 0 Å². The molecule has 17 heavy (non-hydrogen) atoms. The molecular formula is C13H17FO3. The van der Waals surface area contributed by atoms with Crippen molar-refractivity contribution >= 4 is 5.97 Å². The maximum Gasteiger partial charge on any atom is 0.341 e. The summed E-state index contributed by atoms with van der Waals surface area (Å²) in [5.41, 5.74) is 0.724. The van der Waals surface area contributed by atoms with E-state index in [1.165, 1.54) is 12.1 Å². The van der Waals surface area contributed by atoms with E-state index in [1.807, 2.05) is 13.8 Å². The fourth-order valence-electron chi connectivity index (χ4n) is 1.28. The van der Waals surface area contributed by atoms with Crippen LogP contribution < -0.4 is 0 Å². The Kier molecular flexibility index (Phi) is 5.10. The van der Waals surface area contributed by atoms with Crippen molar-refractivity contribution in [1.29, 1.82) is 0 Å². The zero-order valence-corrected chi connectivity index (χ0v) is 10.3. The number of benzene rings is 1. The van der Waals surface area contributed by atoms with Crippen LogP contribution in [0.4, 0.5) is 4.39 Å². The molecule has 4 heteroatoms. The van der Waals surface area contributed by atoms with Gasteiger partial charge in [0.25, 0.3) is 0 Å². The maximum atomic E-state index is 13.4. The SMILES string of the molecule is Cc1ccc(C(=O)OCCOC(C)C)c(F)c1. The largest absolute Gasteiger partial charge is 0.460 e. The molecule has 3 nitrogen and oxygen atoms in total. The Bertz CT molecular complexity index is 388. The van der Waals surface area contributed by atoms with Crippen LogP contribution in [0.3, 0.4) is 0 Å². The standard InChI is InChI=1S/C13H17FO3/c1-9(2)16-6-7-17-13(15)11-5-4-10(3)8-12(11)14/h4-5,8-9H,6-7H2,1-3H3. The van der Waals surface area contributed by atoms with Gasteiger partial charge in [-0.15, -0.1) is 0 Å². The molecule has 0 saturated heterocycles. The number of carbonyl (C=O) groups excluding carboxylic acids is 1. The normalized spacial score (nSPS) is 10.6. The average Bonchev–Trinajstić information content (AvgIpc) is 2.23. The highest BCUT2D eigenvalue weighted by Crippen LogP contribution is 2.11. The highest BCUT2D eigenvalue weighted by Gasteiger charge is 2.12. The summed E-state index contributed by atoms with van der Waals surface area (Å²) in [6, 6.07) is 4.40. The third kappa shape index (κ3) is 4.53. The highest BCUT2D eigenvalue weighted by atomic mass is 19.1. The zero-order chi connectivity index (χ0) is 12.8. The van der Waals surface area contributed by atoms with Crippen LogP contribution in [-0.2, 0) is 9.47 Å². The van der Waals surface area contributed by atoms with Crippen LogP contribution in [0.5, 0.6) is 0 Å². The second-order valence-corrected chi connectivity index (χ2v) is 4.04. The number of ether oxygens (including phenoxy) is 2. The summed E-state index contributed by atoms with van der Waals surface area (Å²) in [5.74, 6) is -1.21. The fourth-order valence-corrected chi connectivity index (χ4v) is 1.28. The van der Waals surface area contributed by atoms with E-state index in [0.717, 1.165) is 5.56 Å². The number of hydrogen-bond donors (Lipinski definition) is 0. The molecule has 1 aromatic carbocycles. The first-order chi connectivity index (χ1) is 8.00. The van der Waals surface area contributed by atoms with E-state index in [1.54, 1.807) is 13.0 Å². The number of esters is 1. The number of rotatable bonds is 5. The first-order valence-electron chi connectivity index (χ1n) is 5.55. The lowest BCUT2D eigenvalue weighted by molar-refractivity contribution is 0.0173. The van der Waals surface area contributed by atoms with Gasteiger partial charge in [-0.1, -0.05) is 6.07 Å². The van der Waals surface area contributed by atoms with E-state index in [2.05, 4.69) is 0 Å². The van der Waals surface area contributed by atoms with Crippen molar-refractivity contribution in [2.24, 2.45) is 0 Å². The zero-order valence-electron chi connectivity index (χ0n) is 10.3. The second-order valence-electron chi connectivity index (χ2n) is 4.04. The third-order valence-corrected chi connectivity index (χ3v) is 2.11. The predicted octanol–water partition coefficient (Wildman–Crippen LogP) is 2.72. The summed E-state index contributed by atoms with van der Waals surface area (Å²) in [5, 5.41) is 0. The Morgan fingerprint density at radius 2 is 2.06 bits per heavy atom. The molecule has 0 N–H and O–H groups in total. The summed E-state index contributed by atoms with van der Waals surface area (Å²) < 4.78 is 23.5. The molecule has 0 unspecified atom stereocenters. The second kappa shape index (κ2) is 6.35. The summed E-state index contributed by atoms with van der Waals surface area (Å²) in [6.07, 6.45) is 0.0878. The molecule has 0 atom stereocenters. The van der Waals surface area contributed by atoms with Crippen LogP contribution in [-0.4, -0.2) is 25.3 Å². The lowest BCUT2D eigenvalue weighted by Gasteiger charge is -2.08. The van der Waals surface area contributed by atoms with Gasteiger partial charge in [-0.3, -0.25) is 0 Å². The van der Waals surface area contributed by atoms with E-state index in [0.29, 0.717) is 6.61 Å². The first-order valence-corrected chi connectivity index (χ1v) is 5.55. The molecule has 0 aromatic heterocycles. The molecule has 0 radical (unpaired) electrons. The third-order valence-electron chi connectivity index (χ3n) is 2.11. The van der Waals surface area contributed by atoms with Crippen LogP contribution in [0.1, 0.15) is 29.8 Å². The van der Waals surface area contributed by atoms with Gasteiger partial charge >= 0.3 is 5.97 Å². The Labute approximate surface area is 101 Å². The smallest absolute Gasteiger partial charge is 0.341 e. The van der Waals surface area contributed by atoms with Crippen molar-refractivity contribution in [3.05, 3.63) is 35.1 Å². The first kappa shape index (κ1) is 13.6. The Morgan fingerprint density at radius 1 is 1.35 bits per heavy atom. The van der Waals surface area contributed by atoms with Crippen molar-refractivity contribution in [1.82, 2.24) is 0 Å². The van der Waals surface area contributed by atoms with Crippen LogP contribution in [0.25, 0.3) is 0 Å². The topological polar surface area (TPSA) is 35.5 Å². The lowest BCUT2D eigenvalue weighted by Crippen LogP contribution is -2.14. The summed E-state index contributed by atoms with van der Waals surface area (Å²) in [4.78, 5) is 11.5. The Balaban J connectivity index is 2.47. The van der Waals surface area contributed by atoms with Gasteiger partial charge < -0.3 is 9.47 Å². The fraction of sp³-hybridized carbons (Fsp3) is 0.462. The minimum absolute atomic E-state index is 0.0415. The molecular weight excluding hydrogens is 223 g/mol. The van der Waals surface area contributed by atoms with E-state index >= 15 is 0 Å². The molecule has 0 bridgehead atoms. The monoisotopic (exact) mass is 240 g/mol.